The molecule has 1 aromatic heterocycles. The lowest BCUT2D eigenvalue weighted by Crippen LogP contribution is -2.06. The summed E-state index contributed by atoms with van der Waals surface area (Å²) in [5, 5.41) is 13.4. The fourth-order valence-electron chi connectivity index (χ4n) is 2.14. The van der Waals surface area contributed by atoms with Gasteiger partial charge in [0, 0.05) is 15.7 Å². The van der Waals surface area contributed by atoms with Gasteiger partial charge >= 0.3 is 0 Å². The van der Waals surface area contributed by atoms with Crippen molar-refractivity contribution in [2.45, 2.75) is 0 Å². The van der Waals surface area contributed by atoms with Crippen LogP contribution in [0.3, 0.4) is 0 Å². The van der Waals surface area contributed by atoms with E-state index in [0.717, 1.165) is 5.69 Å². The van der Waals surface area contributed by atoms with E-state index < -0.39 is 0 Å². The van der Waals surface area contributed by atoms with Crippen LogP contribution in [-0.4, -0.2) is 15.0 Å². The Morgan fingerprint density at radius 2 is 1.85 bits per heavy atom. The van der Waals surface area contributed by atoms with Crippen LogP contribution in [0.2, 0.25) is 10.0 Å². The first-order valence-electron chi connectivity index (χ1n) is 7.46. The number of aromatic nitrogens is 3. The standard InChI is InChI=1S/C18H12Cl2N6/c19-13-7-6-11(15(20)9-13)8-12(10-21)16-24-17(22)26-18(25-16)23-14-4-2-1-3-5-14/h1-9H,(H3,22,23,24,25,26)/b12-8-. The zero-order chi connectivity index (χ0) is 18.5. The van der Waals surface area contributed by atoms with Gasteiger partial charge in [0.25, 0.3) is 0 Å². The fourth-order valence-corrected chi connectivity index (χ4v) is 2.60. The fraction of sp³-hybridized carbons (Fsp3) is 0. The van der Waals surface area contributed by atoms with Crippen LogP contribution < -0.4 is 11.1 Å². The minimum Gasteiger partial charge on any atom is -0.368 e. The van der Waals surface area contributed by atoms with Crippen LogP contribution >= 0.6 is 23.2 Å². The molecule has 2 aromatic carbocycles. The molecule has 0 fully saturated rings. The molecule has 0 bridgehead atoms. The number of halogens is 2. The second kappa shape index (κ2) is 7.83. The predicted molar refractivity (Wildman–Crippen MR) is 104 cm³/mol. The number of hydrogen-bond donors (Lipinski definition) is 2. The number of nitriles is 1. The van der Waals surface area contributed by atoms with Crippen molar-refractivity contribution in [3.63, 3.8) is 0 Å². The molecule has 26 heavy (non-hydrogen) atoms. The van der Waals surface area contributed by atoms with Crippen molar-refractivity contribution in [1.29, 1.82) is 5.26 Å². The number of para-hydroxylation sites is 1. The zero-order valence-corrected chi connectivity index (χ0v) is 14.8. The van der Waals surface area contributed by atoms with Crippen LogP contribution in [0.1, 0.15) is 11.4 Å². The Balaban J connectivity index is 1.98. The van der Waals surface area contributed by atoms with Crippen molar-refractivity contribution in [3.05, 3.63) is 70.0 Å². The molecule has 0 aliphatic rings. The SMILES string of the molecule is N#C/C(=C/c1ccc(Cl)cc1Cl)c1nc(N)nc(Nc2ccccc2)n1. The van der Waals surface area contributed by atoms with E-state index in [1.807, 2.05) is 30.3 Å². The molecule has 6 nitrogen and oxygen atoms in total. The Bertz CT molecular complexity index is 1010. The van der Waals surface area contributed by atoms with Crippen LogP contribution in [0.25, 0.3) is 11.6 Å². The minimum absolute atomic E-state index is 0.00298. The number of anilines is 3. The number of nitrogen functional groups attached to an aromatic ring is 1. The van der Waals surface area contributed by atoms with Crippen LogP contribution in [-0.2, 0) is 0 Å². The molecule has 0 saturated heterocycles. The minimum atomic E-state index is -0.00298. The third-order valence-electron chi connectivity index (χ3n) is 3.31. The van der Waals surface area contributed by atoms with Gasteiger partial charge in [-0.2, -0.15) is 20.2 Å². The summed E-state index contributed by atoms with van der Waals surface area (Å²) >= 11 is 12.1. The highest BCUT2D eigenvalue weighted by Crippen LogP contribution is 2.25. The number of rotatable bonds is 4. The van der Waals surface area contributed by atoms with E-state index in [0.29, 0.717) is 15.6 Å². The van der Waals surface area contributed by atoms with Crippen molar-refractivity contribution in [1.82, 2.24) is 15.0 Å². The predicted octanol–water partition coefficient (Wildman–Crippen LogP) is 4.57. The molecule has 8 heteroatoms. The Morgan fingerprint density at radius 1 is 1.08 bits per heavy atom. The number of nitrogens with two attached hydrogens (primary N) is 1. The number of nitrogens with zero attached hydrogens (tertiary/aromatic N) is 4. The van der Waals surface area contributed by atoms with Gasteiger partial charge in [0.2, 0.25) is 11.9 Å². The van der Waals surface area contributed by atoms with Gasteiger partial charge in [-0.15, -0.1) is 0 Å². The molecule has 3 aromatic rings. The zero-order valence-electron chi connectivity index (χ0n) is 13.3. The average Bonchev–Trinajstić information content (AvgIpc) is 2.61. The Labute approximate surface area is 159 Å². The van der Waals surface area contributed by atoms with Gasteiger partial charge < -0.3 is 11.1 Å². The maximum Gasteiger partial charge on any atom is 0.232 e. The summed E-state index contributed by atoms with van der Waals surface area (Å²) in [7, 11) is 0. The van der Waals surface area contributed by atoms with E-state index in [1.54, 1.807) is 24.3 Å². The highest BCUT2D eigenvalue weighted by molar-refractivity contribution is 6.35. The van der Waals surface area contributed by atoms with Gasteiger partial charge in [0.15, 0.2) is 5.82 Å². The molecule has 1 heterocycles. The average molecular weight is 383 g/mol. The van der Waals surface area contributed by atoms with E-state index in [2.05, 4.69) is 26.3 Å². The molecule has 128 valence electrons. The number of allylic oxidation sites excluding steroid dienone is 1. The molecule has 3 rings (SSSR count). The largest absolute Gasteiger partial charge is 0.368 e. The number of benzene rings is 2. The molecule has 0 spiro atoms. The highest BCUT2D eigenvalue weighted by Gasteiger charge is 2.11. The van der Waals surface area contributed by atoms with Crippen molar-refractivity contribution < 1.29 is 0 Å². The second-order valence-electron chi connectivity index (χ2n) is 5.17. The third-order valence-corrected chi connectivity index (χ3v) is 3.87. The molecule has 3 N–H and O–H groups in total. The molecular formula is C18H12Cl2N6. The van der Waals surface area contributed by atoms with Gasteiger partial charge in [-0.25, -0.2) is 0 Å². The lowest BCUT2D eigenvalue weighted by Gasteiger charge is -2.07. The monoisotopic (exact) mass is 382 g/mol. The molecule has 0 atom stereocenters. The number of hydrogen-bond acceptors (Lipinski definition) is 6. The van der Waals surface area contributed by atoms with E-state index in [9.17, 15) is 5.26 Å². The summed E-state index contributed by atoms with van der Waals surface area (Å²) in [6, 6.07) is 16.4. The molecule has 0 amide bonds. The highest BCUT2D eigenvalue weighted by atomic mass is 35.5. The Hall–Kier alpha value is -3.14. The molecule has 0 aliphatic heterocycles. The quantitative estimate of drug-likeness (QED) is 0.640. The summed E-state index contributed by atoms with van der Waals surface area (Å²) in [4.78, 5) is 12.4. The van der Waals surface area contributed by atoms with Gasteiger partial charge in [-0.3, -0.25) is 0 Å². The van der Waals surface area contributed by atoms with Gasteiger partial charge in [-0.1, -0.05) is 47.5 Å². The third kappa shape index (κ3) is 4.28. The summed E-state index contributed by atoms with van der Waals surface area (Å²) in [5.74, 6) is 0.378. The molecule has 0 aliphatic carbocycles. The Morgan fingerprint density at radius 3 is 2.54 bits per heavy atom. The molecule has 0 radical (unpaired) electrons. The van der Waals surface area contributed by atoms with Crippen molar-refractivity contribution in [3.8, 4) is 6.07 Å². The second-order valence-corrected chi connectivity index (χ2v) is 6.01. The first kappa shape index (κ1) is 17.7. The van der Waals surface area contributed by atoms with Crippen LogP contribution in [0, 0.1) is 11.3 Å². The van der Waals surface area contributed by atoms with Crippen LogP contribution in [0.5, 0.6) is 0 Å². The lowest BCUT2D eigenvalue weighted by molar-refractivity contribution is 1.04. The maximum atomic E-state index is 9.51. The molecular weight excluding hydrogens is 371 g/mol. The van der Waals surface area contributed by atoms with Gasteiger partial charge in [0.1, 0.15) is 6.07 Å². The topological polar surface area (TPSA) is 101 Å². The van der Waals surface area contributed by atoms with Crippen molar-refractivity contribution in [2.75, 3.05) is 11.1 Å². The van der Waals surface area contributed by atoms with Gasteiger partial charge in [0.05, 0.1) is 5.57 Å². The normalized spacial score (nSPS) is 11.0. The summed E-state index contributed by atoms with van der Waals surface area (Å²) in [5.41, 5.74) is 7.36. The summed E-state index contributed by atoms with van der Waals surface area (Å²) in [6.07, 6.45) is 1.57. The van der Waals surface area contributed by atoms with Crippen molar-refractivity contribution in [2.24, 2.45) is 0 Å². The van der Waals surface area contributed by atoms with E-state index in [1.165, 1.54) is 0 Å². The lowest BCUT2D eigenvalue weighted by atomic mass is 10.1. The summed E-state index contributed by atoms with van der Waals surface area (Å²) < 4.78 is 0. The molecule has 0 saturated carbocycles. The van der Waals surface area contributed by atoms with E-state index in [-0.39, 0.29) is 23.3 Å². The van der Waals surface area contributed by atoms with Crippen molar-refractivity contribution >= 4 is 52.4 Å². The van der Waals surface area contributed by atoms with Gasteiger partial charge in [-0.05, 0) is 35.9 Å². The molecule has 0 unspecified atom stereocenters. The van der Waals surface area contributed by atoms with E-state index >= 15 is 0 Å². The smallest absolute Gasteiger partial charge is 0.232 e. The first-order chi connectivity index (χ1) is 12.5. The van der Waals surface area contributed by atoms with Crippen LogP contribution in [0.15, 0.2) is 48.5 Å². The van der Waals surface area contributed by atoms with E-state index in [4.69, 9.17) is 28.9 Å². The number of nitrogens with one attached hydrogen (secondary N) is 1. The maximum absolute atomic E-state index is 9.51. The Kier molecular flexibility index (Phi) is 5.32. The first-order valence-corrected chi connectivity index (χ1v) is 8.21. The summed E-state index contributed by atoms with van der Waals surface area (Å²) in [6.45, 7) is 0. The van der Waals surface area contributed by atoms with Crippen LogP contribution in [0.4, 0.5) is 17.6 Å².